The summed E-state index contributed by atoms with van der Waals surface area (Å²) in [4.78, 5) is 0. The second-order valence-electron chi connectivity index (χ2n) is 5.88. The minimum absolute atomic E-state index is 0.289. The second-order valence-corrected chi connectivity index (χ2v) is 5.88. The number of phenols is 1. The Morgan fingerprint density at radius 2 is 1.19 bits per heavy atom. The highest BCUT2D eigenvalue weighted by Gasteiger charge is 1.95. The molecule has 0 spiro atoms. The van der Waals surface area contributed by atoms with Gasteiger partial charge >= 0.3 is 0 Å². The molecule has 0 aliphatic carbocycles. The van der Waals surface area contributed by atoms with Crippen molar-refractivity contribution in [2.75, 3.05) is 6.61 Å². The number of benzene rings is 1. The number of aromatic hydroxyl groups is 1. The SMILES string of the molecule is CCCCCCCCCCCCCOc1ccc(O)cc1. The first-order chi connectivity index (χ1) is 10.3. The number of hydrogen-bond acceptors (Lipinski definition) is 2. The predicted octanol–water partition coefficient (Wildman–Crippen LogP) is 6.08. The fourth-order valence-corrected chi connectivity index (χ4v) is 2.50. The van der Waals surface area contributed by atoms with Crippen molar-refractivity contribution in [3.63, 3.8) is 0 Å². The van der Waals surface area contributed by atoms with Crippen molar-refractivity contribution < 1.29 is 9.84 Å². The minimum Gasteiger partial charge on any atom is -0.508 e. The van der Waals surface area contributed by atoms with E-state index in [0.717, 1.165) is 18.8 Å². The van der Waals surface area contributed by atoms with Crippen LogP contribution in [0.5, 0.6) is 11.5 Å². The normalized spacial score (nSPS) is 10.7. The fourth-order valence-electron chi connectivity index (χ4n) is 2.50. The fraction of sp³-hybridized carbons (Fsp3) is 0.684. The second kappa shape index (κ2) is 12.6. The lowest BCUT2D eigenvalue weighted by atomic mass is 10.1. The largest absolute Gasteiger partial charge is 0.508 e. The lowest BCUT2D eigenvalue weighted by Crippen LogP contribution is -1.96. The van der Waals surface area contributed by atoms with Crippen LogP contribution in [0.25, 0.3) is 0 Å². The standard InChI is InChI=1S/C19H32O2/c1-2-3-4-5-6-7-8-9-10-11-12-17-21-19-15-13-18(20)14-16-19/h13-16,20H,2-12,17H2,1H3. The van der Waals surface area contributed by atoms with Gasteiger partial charge in [0.25, 0.3) is 0 Å². The van der Waals surface area contributed by atoms with Crippen molar-refractivity contribution in [3.8, 4) is 11.5 Å². The molecule has 0 saturated heterocycles. The van der Waals surface area contributed by atoms with Crippen molar-refractivity contribution in [1.29, 1.82) is 0 Å². The van der Waals surface area contributed by atoms with Gasteiger partial charge in [0.2, 0.25) is 0 Å². The molecule has 0 aliphatic rings. The number of hydrogen-bond donors (Lipinski definition) is 1. The van der Waals surface area contributed by atoms with Crippen molar-refractivity contribution >= 4 is 0 Å². The molecule has 120 valence electrons. The summed E-state index contributed by atoms with van der Waals surface area (Å²) in [7, 11) is 0. The summed E-state index contributed by atoms with van der Waals surface area (Å²) in [6.07, 6.45) is 14.9. The monoisotopic (exact) mass is 292 g/mol. The van der Waals surface area contributed by atoms with Crippen LogP contribution in [0, 0.1) is 0 Å². The van der Waals surface area contributed by atoms with Gasteiger partial charge in [-0.25, -0.2) is 0 Å². The van der Waals surface area contributed by atoms with Gasteiger partial charge in [-0.3, -0.25) is 0 Å². The molecule has 0 heterocycles. The molecule has 0 amide bonds. The van der Waals surface area contributed by atoms with E-state index < -0.39 is 0 Å². The van der Waals surface area contributed by atoms with Crippen LogP contribution in [-0.2, 0) is 0 Å². The van der Waals surface area contributed by atoms with Crippen LogP contribution in [-0.4, -0.2) is 11.7 Å². The summed E-state index contributed by atoms with van der Waals surface area (Å²) in [5.74, 6) is 1.14. The van der Waals surface area contributed by atoms with Gasteiger partial charge < -0.3 is 9.84 Å². The van der Waals surface area contributed by atoms with Crippen LogP contribution >= 0.6 is 0 Å². The smallest absolute Gasteiger partial charge is 0.119 e. The number of ether oxygens (including phenoxy) is 1. The summed E-state index contributed by atoms with van der Waals surface area (Å²) in [5.41, 5.74) is 0. The predicted molar refractivity (Wildman–Crippen MR) is 90.1 cm³/mol. The van der Waals surface area contributed by atoms with Crippen LogP contribution in [0.15, 0.2) is 24.3 Å². The van der Waals surface area contributed by atoms with Crippen LogP contribution in [0.3, 0.4) is 0 Å². The number of unbranched alkanes of at least 4 members (excludes halogenated alkanes) is 10. The van der Waals surface area contributed by atoms with E-state index in [9.17, 15) is 5.11 Å². The molecule has 0 aromatic heterocycles. The molecule has 1 N–H and O–H groups in total. The summed E-state index contributed by atoms with van der Waals surface area (Å²) >= 11 is 0. The van der Waals surface area contributed by atoms with Gasteiger partial charge in [-0.15, -0.1) is 0 Å². The van der Waals surface area contributed by atoms with Gasteiger partial charge in [-0.1, -0.05) is 71.1 Å². The Hall–Kier alpha value is -1.18. The average molecular weight is 292 g/mol. The van der Waals surface area contributed by atoms with E-state index in [1.54, 1.807) is 12.1 Å². The van der Waals surface area contributed by atoms with Crippen molar-refractivity contribution in [1.82, 2.24) is 0 Å². The van der Waals surface area contributed by atoms with Crippen LogP contribution < -0.4 is 4.74 Å². The van der Waals surface area contributed by atoms with Gasteiger partial charge in [-0.05, 0) is 30.7 Å². The molecular weight excluding hydrogens is 260 g/mol. The van der Waals surface area contributed by atoms with E-state index in [0.29, 0.717) is 0 Å². The number of phenolic OH excluding ortho intramolecular Hbond substituents is 1. The first-order valence-corrected chi connectivity index (χ1v) is 8.74. The summed E-state index contributed by atoms with van der Waals surface area (Å²) in [6, 6.07) is 6.95. The van der Waals surface area contributed by atoms with E-state index in [4.69, 9.17) is 4.74 Å². The first-order valence-electron chi connectivity index (χ1n) is 8.74. The van der Waals surface area contributed by atoms with Gasteiger partial charge in [0.15, 0.2) is 0 Å². The average Bonchev–Trinajstić information content (AvgIpc) is 2.50. The zero-order valence-electron chi connectivity index (χ0n) is 13.7. The Morgan fingerprint density at radius 3 is 1.71 bits per heavy atom. The van der Waals surface area contributed by atoms with Gasteiger partial charge in [0.05, 0.1) is 6.61 Å². The third-order valence-corrected chi connectivity index (χ3v) is 3.85. The van der Waals surface area contributed by atoms with Crippen LogP contribution in [0.4, 0.5) is 0 Å². The number of rotatable bonds is 13. The van der Waals surface area contributed by atoms with Gasteiger partial charge in [-0.2, -0.15) is 0 Å². The minimum atomic E-state index is 0.289. The van der Waals surface area contributed by atoms with E-state index in [2.05, 4.69) is 6.92 Å². The molecule has 0 fully saturated rings. The Bertz CT molecular complexity index is 332. The maximum atomic E-state index is 9.17. The Morgan fingerprint density at radius 1 is 0.714 bits per heavy atom. The molecule has 0 aliphatic heterocycles. The Labute approximate surface area is 130 Å². The van der Waals surface area contributed by atoms with E-state index in [1.165, 1.54) is 64.2 Å². The molecule has 0 unspecified atom stereocenters. The lowest BCUT2D eigenvalue weighted by molar-refractivity contribution is 0.303. The highest BCUT2D eigenvalue weighted by atomic mass is 16.5. The quantitative estimate of drug-likeness (QED) is 0.446. The maximum Gasteiger partial charge on any atom is 0.119 e. The maximum absolute atomic E-state index is 9.17. The highest BCUT2D eigenvalue weighted by molar-refractivity contribution is 5.29. The summed E-state index contributed by atoms with van der Waals surface area (Å²) in [5, 5.41) is 9.17. The van der Waals surface area contributed by atoms with Gasteiger partial charge in [0.1, 0.15) is 11.5 Å². The third-order valence-electron chi connectivity index (χ3n) is 3.85. The molecule has 1 aromatic rings. The van der Waals surface area contributed by atoms with E-state index in [1.807, 2.05) is 12.1 Å². The molecule has 2 heteroatoms. The summed E-state index contributed by atoms with van der Waals surface area (Å²) in [6.45, 7) is 3.05. The van der Waals surface area contributed by atoms with Crippen LogP contribution in [0.2, 0.25) is 0 Å². The molecule has 21 heavy (non-hydrogen) atoms. The van der Waals surface area contributed by atoms with Crippen molar-refractivity contribution in [3.05, 3.63) is 24.3 Å². The molecule has 1 rings (SSSR count). The lowest BCUT2D eigenvalue weighted by Gasteiger charge is -2.06. The van der Waals surface area contributed by atoms with Crippen LogP contribution in [0.1, 0.15) is 77.6 Å². The van der Waals surface area contributed by atoms with E-state index in [-0.39, 0.29) is 5.75 Å². The Balaban J connectivity index is 1.81. The first kappa shape index (κ1) is 17.9. The molecule has 1 aromatic carbocycles. The van der Waals surface area contributed by atoms with Crippen molar-refractivity contribution in [2.45, 2.75) is 77.6 Å². The highest BCUT2D eigenvalue weighted by Crippen LogP contribution is 2.16. The van der Waals surface area contributed by atoms with Crippen molar-refractivity contribution in [2.24, 2.45) is 0 Å². The molecule has 0 saturated carbocycles. The molecule has 0 radical (unpaired) electrons. The zero-order chi connectivity index (χ0) is 15.2. The third kappa shape index (κ3) is 10.2. The topological polar surface area (TPSA) is 29.5 Å². The molecular formula is C19H32O2. The molecule has 0 bridgehead atoms. The molecule has 0 atom stereocenters. The Kier molecular flexibility index (Phi) is 10.7. The summed E-state index contributed by atoms with van der Waals surface area (Å²) < 4.78 is 5.63. The molecule has 2 nitrogen and oxygen atoms in total. The van der Waals surface area contributed by atoms with E-state index >= 15 is 0 Å². The van der Waals surface area contributed by atoms with Gasteiger partial charge in [0, 0.05) is 0 Å². The zero-order valence-corrected chi connectivity index (χ0v) is 13.7.